The maximum absolute atomic E-state index is 13.3. The van der Waals surface area contributed by atoms with Crippen LogP contribution in [-0.4, -0.2) is 26.7 Å². The van der Waals surface area contributed by atoms with Crippen molar-refractivity contribution in [1.29, 1.82) is 0 Å². The number of nitrogens with two attached hydrogens (primary N) is 1. The van der Waals surface area contributed by atoms with Gasteiger partial charge >= 0.3 is 0 Å². The van der Waals surface area contributed by atoms with Crippen molar-refractivity contribution >= 4 is 11.3 Å². The molecule has 1 aromatic carbocycles. The molecular formula is C14H13F2N5S. The number of thiazole rings is 1. The molecule has 22 heavy (non-hydrogen) atoms. The summed E-state index contributed by atoms with van der Waals surface area (Å²) in [7, 11) is 0. The maximum Gasteiger partial charge on any atom is 0.181 e. The molecule has 5 nitrogen and oxygen atoms in total. The van der Waals surface area contributed by atoms with Crippen LogP contribution in [0.4, 0.5) is 8.78 Å². The number of aromatic nitrogens is 4. The minimum Gasteiger partial charge on any atom is -0.330 e. The van der Waals surface area contributed by atoms with Crippen LogP contribution in [-0.2, 0) is 6.42 Å². The first-order chi connectivity index (χ1) is 10.6. The highest BCUT2D eigenvalue weighted by atomic mass is 32.1. The van der Waals surface area contributed by atoms with Gasteiger partial charge in [0.2, 0.25) is 0 Å². The minimum atomic E-state index is -0.666. The Bertz CT molecular complexity index is 791. The van der Waals surface area contributed by atoms with Crippen LogP contribution in [0.1, 0.15) is 10.7 Å². The van der Waals surface area contributed by atoms with E-state index in [-0.39, 0.29) is 11.4 Å². The molecule has 0 radical (unpaired) electrons. The highest BCUT2D eigenvalue weighted by Crippen LogP contribution is 2.29. The first kappa shape index (κ1) is 14.7. The Morgan fingerprint density at radius 1 is 1.18 bits per heavy atom. The van der Waals surface area contributed by atoms with E-state index >= 15 is 0 Å². The molecule has 8 heteroatoms. The van der Waals surface area contributed by atoms with Gasteiger partial charge in [0.15, 0.2) is 11.6 Å². The standard InChI is InChI=1S/C14H13F2N5S/c1-7-12(22-11(18-7)2-3-17)14-19-13(20-21-14)8-4-9(15)6-10(16)5-8/h4-6H,2-3,17H2,1H3,(H,19,20,21). The minimum absolute atomic E-state index is 0.238. The van der Waals surface area contributed by atoms with Gasteiger partial charge in [-0.15, -0.1) is 11.3 Å². The zero-order chi connectivity index (χ0) is 15.7. The lowest BCUT2D eigenvalue weighted by Gasteiger charge is -1.96. The Hall–Kier alpha value is -2.19. The summed E-state index contributed by atoms with van der Waals surface area (Å²) in [5.74, 6) is -0.569. The third kappa shape index (κ3) is 2.88. The fraction of sp³-hybridized carbons (Fsp3) is 0.214. The van der Waals surface area contributed by atoms with Crippen molar-refractivity contribution in [3.8, 4) is 22.1 Å². The SMILES string of the molecule is Cc1nc(CCN)sc1-c1nc(-c2cc(F)cc(F)c2)n[nH]1. The molecule has 2 heterocycles. The largest absolute Gasteiger partial charge is 0.330 e. The van der Waals surface area contributed by atoms with Crippen LogP contribution in [0.25, 0.3) is 22.1 Å². The monoisotopic (exact) mass is 321 g/mol. The molecule has 0 aliphatic carbocycles. The third-order valence-electron chi connectivity index (χ3n) is 3.02. The van der Waals surface area contributed by atoms with Gasteiger partial charge in [-0.1, -0.05) is 0 Å². The number of aromatic amines is 1. The number of hydrogen-bond acceptors (Lipinski definition) is 5. The lowest BCUT2D eigenvalue weighted by molar-refractivity contribution is 0.584. The predicted octanol–water partition coefficient (Wildman–Crippen LogP) is 2.68. The molecule has 0 saturated heterocycles. The molecule has 114 valence electrons. The number of nitrogens with one attached hydrogen (secondary N) is 1. The summed E-state index contributed by atoms with van der Waals surface area (Å²) in [5.41, 5.74) is 6.63. The molecule has 0 spiro atoms. The quantitative estimate of drug-likeness (QED) is 0.774. The summed E-state index contributed by atoms with van der Waals surface area (Å²) < 4.78 is 26.5. The number of H-pyrrole nitrogens is 1. The Kier molecular flexibility index (Phi) is 3.95. The molecular weight excluding hydrogens is 308 g/mol. The molecule has 3 rings (SSSR count). The lowest BCUT2D eigenvalue weighted by atomic mass is 10.2. The molecule has 0 atom stereocenters. The summed E-state index contributed by atoms with van der Waals surface area (Å²) in [6, 6.07) is 3.19. The Balaban J connectivity index is 1.96. The van der Waals surface area contributed by atoms with Crippen molar-refractivity contribution < 1.29 is 8.78 Å². The summed E-state index contributed by atoms with van der Waals surface area (Å²) in [5, 5.41) is 7.74. The molecule has 0 saturated carbocycles. The predicted molar refractivity (Wildman–Crippen MR) is 80.3 cm³/mol. The Labute approximate surface area is 129 Å². The van der Waals surface area contributed by atoms with Gasteiger partial charge in [-0.05, 0) is 25.6 Å². The highest BCUT2D eigenvalue weighted by Gasteiger charge is 2.15. The highest BCUT2D eigenvalue weighted by molar-refractivity contribution is 7.15. The van der Waals surface area contributed by atoms with Gasteiger partial charge in [0.05, 0.1) is 15.6 Å². The molecule has 0 aliphatic rings. The van der Waals surface area contributed by atoms with Crippen molar-refractivity contribution in [2.45, 2.75) is 13.3 Å². The van der Waals surface area contributed by atoms with E-state index in [0.717, 1.165) is 21.6 Å². The van der Waals surface area contributed by atoms with Crippen LogP contribution in [0.5, 0.6) is 0 Å². The average Bonchev–Trinajstić information content (AvgIpc) is 3.05. The van der Waals surface area contributed by atoms with Crippen molar-refractivity contribution in [3.05, 3.63) is 40.5 Å². The van der Waals surface area contributed by atoms with E-state index in [0.29, 0.717) is 18.8 Å². The first-order valence-electron chi connectivity index (χ1n) is 6.62. The van der Waals surface area contributed by atoms with E-state index in [1.807, 2.05) is 6.92 Å². The fourth-order valence-corrected chi connectivity index (χ4v) is 3.10. The van der Waals surface area contributed by atoms with Gasteiger partial charge in [0, 0.05) is 18.1 Å². The normalized spacial score (nSPS) is 11.1. The number of halogens is 2. The Morgan fingerprint density at radius 2 is 1.91 bits per heavy atom. The van der Waals surface area contributed by atoms with Crippen molar-refractivity contribution in [2.24, 2.45) is 5.73 Å². The second-order valence-electron chi connectivity index (χ2n) is 4.73. The summed E-state index contributed by atoms with van der Waals surface area (Å²) in [4.78, 5) is 9.57. The molecule has 0 fully saturated rings. The lowest BCUT2D eigenvalue weighted by Crippen LogP contribution is -2.01. The molecule has 3 N–H and O–H groups in total. The van der Waals surface area contributed by atoms with Crippen LogP contribution in [0.3, 0.4) is 0 Å². The van der Waals surface area contributed by atoms with Gasteiger partial charge < -0.3 is 5.73 Å². The molecule has 0 unspecified atom stereocenters. The maximum atomic E-state index is 13.3. The smallest absolute Gasteiger partial charge is 0.181 e. The van der Waals surface area contributed by atoms with Crippen molar-refractivity contribution in [2.75, 3.05) is 6.54 Å². The average molecular weight is 321 g/mol. The van der Waals surface area contributed by atoms with Gasteiger partial charge in [-0.25, -0.2) is 18.7 Å². The number of aryl methyl sites for hydroxylation is 1. The van der Waals surface area contributed by atoms with E-state index in [2.05, 4.69) is 20.2 Å². The van der Waals surface area contributed by atoms with Crippen LogP contribution >= 0.6 is 11.3 Å². The summed E-state index contributed by atoms with van der Waals surface area (Å²) in [6.45, 7) is 2.40. The van der Waals surface area contributed by atoms with Crippen molar-refractivity contribution in [3.63, 3.8) is 0 Å². The second-order valence-corrected chi connectivity index (χ2v) is 5.81. The van der Waals surface area contributed by atoms with Gasteiger partial charge in [-0.2, -0.15) is 5.10 Å². The molecule has 0 amide bonds. The van der Waals surface area contributed by atoms with Gasteiger partial charge in [0.1, 0.15) is 11.6 Å². The van der Waals surface area contributed by atoms with Crippen LogP contribution in [0.15, 0.2) is 18.2 Å². The molecule has 0 bridgehead atoms. The zero-order valence-corrected chi connectivity index (χ0v) is 12.5. The van der Waals surface area contributed by atoms with Crippen molar-refractivity contribution in [1.82, 2.24) is 20.2 Å². The topological polar surface area (TPSA) is 80.5 Å². The van der Waals surface area contributed by atoms with Crippen LogP contribution < -0.4 is 5.73 Å². The molecule has 0 aliphatic heterocycles. The fourth-order valence-electron chi connectivity index (χ4n) is 2.08. The number of hydrogen-bond donors (Lipinski definition) is 2. The van der Waals surface area contributed by atoms with E-state index in [9.17, 15) is 8.78 Å². The zero-order valence-electron chi connectivity index (χ0n) is 11.7. The Morgan fingerprint density at radius 3 is 2.59 bits per heavy atom. The van der Waals surface area contributed by atoms with E-state index in [4.69, 9.17) is 5.73 Å². The van der Waals surface area contributed by atoms with E-state index in [1.165, 1.54) is 23.5 Å². The number of nitrogens with zero attached hydrogens (tertiary/aromatic N) is 3. The summed E-state index contributed by atoms with van der Waals surface area (Å²) in [6.07, 6.45) is 0.696. The molecule has 3 aromatic rings. The van der Waals surface area contributed by atoms with Crippen LogP contribution in [0, 0.1) is 18.6 Å². The van der Waals surface area contributed by atoms with E-state index in [1.54, 1.807) is 0 Å². The van der Waals surface area contributed by atoms with Gasteiger partial charge in [-0.3, -0.25) is 5.10 Å². The number of benzene rings is 1. The third-order valence-corrected chi connectivity index (χ3v) is 4.24. The van der Waals surface area contributed by atoms with Crippen LogP contribution in [0.2, 0.25) is 0 Å². The first-order valence-corrected chi connectivity index (χ1v) is 7.44. The second kappa shape index (κ2) is 5.90. The van der Waals surface area contributed by atoms with Gasteiger partial charge in [0.25, 0.3) is 0 Å². The molecule has 2 aromatic heterocycles. The summed E-state index contributed by atoms with van der Waals surface area (Å²) >= 11 is 1.48. The van der Waals surface area contributed by atoms with E-state index < -0.39 is 11.6 Å². The number of rotatable bonds is 4.